The van der Waals surface area contributed by atoms with Crippen LogP contribution in [0.2, 0.25) is 5.02 Å². The Morgan fingerprint density at radius 1 is 1.50 bits per heavy atom. The smallest absolute Gasteiger partial charge is 0.253 e. The van der Waals surface area contributed by atoms with Crippen LogP contribution < -0.4 is 5.32 Å². The van der Waals surface area contributed by atoms with Gasteiger partial charge in [-0.2, -0.15) is 0 Å². The normalized spacial score (nSPS) is 14.1. The minimum Gasteiger partial charge on any atom is -0.396 e. The summed E-state index contributed by atoms with van der Waals surface area (Å²) < 4.78 is 0. The number of amides is 1. The lowest BCUT2D eigenvalue weighted by Gasteiger charge is -2.29. The van der Waals surface area contributed by atoms with Gasteiger partial charge >= 0.3 is 0 Å². The van der Waals surface area contributed by atoms with Crippen molar-refractivity contribution in [3.8, 4) is 0 Å². The molecule has 3 nitrogen and oxygen atoms in total. The van der Waals surface area contributed by atoms with Crippen LogP contribution in [0, 0.1) is 6.92 Å². The van der Waals surface area contributed by atoms with Gasteiger partial charge in [0.25, 0.3) is 5.91 Å². The molecule has 1 amide bonds. The van der Waals surface area contributed by atoms with Crippen LogP contribution in [-0.2, 0) is 0 Å². The summed E-state index contributed by atoms with van der Waals surface area (Å²) in [6, 6.07) is 5.39. The number of aliphatic hydroxyl groups excluding tert-OH is 1. The van der Waals surface area contributed by atoms with E-state index in [0.29, 0.717) is 17.0 Å². The van der Waals surface area contributed by atoms with Crippen molar-refractivity contribution in [2.45, 2.75) is 39.2 Å². The minimum atomic E-state index is -0.404. The van der Waals surface area contributed by atoms with Crippen molar-refractivity contribution in [3.05, 3.63) is 34.3 Å². The van der Waals surface area contributed by atoms with Gasteiger partial charge in [0.05, 0.1) is 10.6 Å². The first-order valence-corrected chi connectivity index (χ1v) is 6.50. The lowest BCUT2D eigenvalue weighted by atomic mass is 9.94. The Morgan fingerprint density at radius 2 is 2.17 bits per heavy atom. The van der Waals surface area contributed by atoms with Crippen molar-refractivity contribution in [1.82, 2.24) is 5.32 Å². The van der Waals surface area contributed by atoms with E-state index in [9.17, 15) is 4.79 Å². The average molecular weight is 270 g/mol. The molecule has 0 aliphatic heterocycles. The maximum absolute atomic E-state index is 12.2. The number of aliphatic hydroxyl groups is 1. The summed E-state index contributed by atoms with van der Waals surface area (Å²) in [6.45, 7) is 5.82. The summed E-state index contributed by atoms with van der Waals surface area (Å²) in [7, 11) is 0. The number of rotatable bonds is 5. The van der Waals surface area contributed by atoms with E-state index in [1.165, 1.54) is 0 Å². The van der Waals surface area contributed by atoms with Gasteiger partial charge in [-0.05, 0) is 38.3 Å². The summed E-state index contributed by atoms with van der Waals surface area (Å²) >= 11 is 6.13. The van der Waals surface area contributed by atoms with E-state index < -0.39 is 5.54 Å². The lowest BCUT2D eigenvalue weighted by Crippen LogP contribution is -2.46. The molecule has 0 spiro atoms. The highest BCUT2D eigenvalue weighted by Gasteiger charge is 2.25. The molecule has 2 N–H and O–H groups in total. The Labute approximate surface area is 113 Å². The zero-order valence-electron chi connectivity index (χ0n) is 11.1. The topological polar surface area (TPSA) is 49.3 Å². The van der Waals surface area contributed by atoms with Crippen LogP contribution in [0.4, 0.5) is 0 Å². The predicted molar refractivity (Wildman–Crippen MR) is 74.1 cm³/mol. The van der Waals surface area contributed by atoms with E-state index in [2.05, 4.69) is 5.32 Å². The molecular formula is C14H20ClNO2. The van der Waals surface area contributed by atoms with E-state index in [1.54, 1.807) is 6.07 Å². The van der Waals surface area contributed by atoms with Crippen LogP contribution >= 0.6 is 11.6 Å². The van der Waals surface area contributed by atoms with Gasteiger partial charge in [-0.3, -0.25) is 4.79 Å². The molecule has 0 saturated heterocycles. The van der Waals surface area contributed by atoms with Gasteiger partial charge < -0.3 is 10.4 Å². The van der Waals surface area contributed by atoms with E-state index in [1.807, 2.05) is 32.9 Å². The SMILES string of the molecule is CC[C@@](C)(CCO)NC(=O)c1cccc(C)c1Cl. The van der Waals surface area contributed by atoms with Gasteiger partial charge in [-0.1, -0.05) is 30.7 Å². The zero-order chi connectivity index (χ0) is 13.8. The average Bonchev–Trinajstić information content (AvgIpc) is 2.32. The summed E-state index contributed by atoms with van der Waals surface area (Å²) in [6.07, 6.45) is 1.28. The van der Waals surface area contributed by atoms with Crippen molar-refractivity contribution in [2.24, 2.45) is 0 Å². The summed E-state index contributed by atoms with van der Waals surface area (Å²) in [4.78, 5) is 12.2. The molecule has 1 atom stereocenters. The Hall–Kier alpha value is -1.06. The summed E-state index contributed by atoms with van der Waals surface area (Å²) in [5.74, 6) is -0.193. The molecule has 0 unspecified atom stereocenters. The lowest BCUT2D eigenvalue weighted by molar-refractivity contribution is 0.0886. The number of aryl methyl sites for hydroxylation is 1. The van der Waals surface area contributed by atoms with Gasteiger partial charge in [-0.25, -0.2) is 0 Å². The number of carbonyl (C=O) groups is 1. The monoisotopic (exact) mass is 269 g/mol. The van der Waals surface area contributed by atoms with Crippen molar-refractivity contribution in [1.29, 1.82) is 0 Å². The second-order valence-electron chi connectivity index (χ2n) is 4.78. The van der Waals surface area contributed by atoms with Crippen molar-refractivity contribution < 1.29 is 9.90 Å². The minimum absolute atomic E-state index is 0.0478. The number of nitrogens with one attached hydrogen (secondary N) is 1. The van der Waals surface area contributed by atoms with E-state index in [-0.39, 0.29) is 12.5 Å². The van der Waals surface area contributed by atoms with Crippen LogP contribution in [0.1, 0.15) is 42.6 Å². The largest absolute Gasteiger partial charge is 0.396 e. The summed E-state index contributed by atoms with van der Waals surface area (Å²) in [5.41, 5.74) is 0.956. The molecule has 1 aromatic rings. The van der Waals surface area contributed by atoms with Crippen molar-refractivity contribution in [2.75, 3.05) is 6.61 Å². The molecule has 0 heterocycles. The molecule has 18 heavy (non-hydrogen) atoms. The highest BCUT2D eigenvalue weighted by Crippen LogP contribution is 2.22. The Kier molecular flexibility index (Phi) is 5.17. The maximum atomic E-state index is 12.2. The summed E-state index contributed by atoms with van der Waals surface area (Å²) in [5, 5.41) is 12.5. The molecule has 0 aliphatic rings. The van der Waals surface area contributed by atoms with E-state index in [4.69, 9.17) is 16.7 Å². The third kappa shape index (κ3) is 3.47. The number of carbonyl (C=O) groups excluding carboxylic acids is 1. The first-order chi connectivity index (χ1) is 8.43. The fourth-order valence-corrected chi connectivity index (χ4v) is 1.95. The van der Waals surface area contributed by atoms with E-state index in [0.717, 1.165) is 12.0 Å². The maximum Gasteiger partial charge on any atom is 0.253 e. The number of hydrogen-bond acceptors (Lipinski definition) is 2. The van der Waals surface area contributed by atoms with Crippen LogP contribution in [0.3, 0.4) is 0 Å². The highest BCUT2D eigenvalue weighted by atomic mass is 35.5. The molecule has 0 bridgehead atoms. The Balaban J connectivity index is 2.91. The molecule has 100 valence electrons. The Bertz CT molecular complexity index is 434. The van der Waals surface area contributed by atoms with Gasteiger partial charge in [-0.15, -0.1) is 0 Å². The van der Waals surface area contributed by atoms with Gasteiger partial charge in [0.2, 0.25) is 0 Å². The molecule has 0 aromatic heterocycles. The van der Waals surface area contributed by atoms with Crippen molar-refractivity contribution in [3.63, 3.8) is 0 Å². The van der Waals surface area contributed by atoms with Gasteiger partial charge in [0, 0.05) is 12.1 Å². The van der Waals surface area contributed by atoms with Gasteiger partial charge in [0.15, 0.2) is 0 Å². The second-order valence-corrected chi connectivity index (χ2v) is 5.16. The van der Waals surface area contributed by atoms with Crippen LogP contribution in [0.25, 0.3) is 0 Å². The fourth-order valence-electron chi connectivity index (χ4n) is 1.74. The highest BCUT2D eigenvalue weighted by molar-refractivity contribution is 6.34. The fraction of sp³-hybridized carbons (Fsp3) is 0.500. The van der Waals surface area contributed by atoms with Crippen molar-refractivity contribution >= 4 is 17.5 Å². The standard InChI is InChI=1S/C14H20ClNO2/c1-4-14(3,8-9-17)16-13(18)11-7-5-6-10(2)12(11)15/h5-7,17H,4,8-9H2,1-3H3,(H,16,18)/t14-/m0/s1. The number of hydrogen-bond donors (Lipinski definition) is 2. The quantitative estimate of drug-likeness (QED) is 0.863. The van der Waals surface area contributed by atoms with Gasteiger partial charge in [0.1, 0.15) is 0 Å². The molecule has 0 fully saturated rings. The van der Waals surface area contributed by atoms with Crippen LogP contribution in [0.5, 0.6) is 0 Å². The third-order valence-corrected chi connectivity index (χ3v) is 3.80. The Morgan fingerprint density at radius 3 is 2.72 bits per heavy atom. The molecular weight excluding hydrogens is 250 g/mol. The molecule has 0 aliphatic carbocycles. The molecule has 1 aromatic carbocycles. The molecule has 1 rings (SSSR count). The first-order valence-electron chi connectivity index (χ1n) is 6.12. The zero-order valence-corrected chi connectivity index (χ0v) is 11.8. The predicted octanol–water partition coefficient (Wildman–Crippen LogP) is 2.93. The third-order valence-electron chi connectivity index (χ3n) is 3.30. The second kappa shape index (κ2) is 6.21. The first kappa shape index (κ1) is 15.0. The van der Waals surface area contributed by atoms with Crippen LogP contribution in [0.15, 0.2) is 18.2 Å². The molecule has 0 saturated carbocycles. The number of halogens is 1. The van der Waals surface area contributed by atoms with Crippen LogP contribution in [-0.4, -0.2) is 23.2 Å². The van der Waals surface area contributed by atoms with E-state index >= 15 is 0 Å². The molecule has 0 radical (unpaired) electrons. The number of benzene rings is 1. The molecule has 4 heteroatoms.